The lowest BCUT2D eigenvalue weighted by molar-refractivity contribution is 0.176. The van der Waals surface area contributed by atoms with Crippen molar-refractivity contribution in [2.24, 2.45) is 10.8 Å². The van der Waals surface area contributed by atoms with Crippen LogP contribution in [0.1, 0.15) is 33.1 Å². The van der Waals surface area contributed by atoms with Gasteiger partial charge in [0.15, 0.2) is 0 Å². The molecule has 0 aromatic rings. The Balaban J connectivity index is 2.37. The van der Waals surface area contributed by atoms with Crippen LogP contribution >= 0.6 is 0 Å². The first-order valence-corrected chi connectivity index (χ1v) is 7.18. The van der Waals surface area contributed by atoms with Crippen LogP contribution in [0.4, 0.5) is 0 Å². The monoisotopic (exact) mass is 271 g/mol. The first-order chi connectivity index (χ1) is 9.17. The standard InChI is InChI=1S/C13H29N5O/c1-11(10-19-3)16-13(17-14)15-9-12(2)18-7-5-4-6-8-18/h11-12H,4-10,14H2,1-3H3,(H2,15,16,17). The van der Waals surface area contributed by atoms with E-state index in [4.69, 9.17) is 10.6 Å². The minimum Gasteiger partial charge on any atom is -0.383 e. The fourth-order valence-electron chi connectivity index (χ4n) is 2.36. The molecule has 1 fully saturated rings. The topological polar surface area (TPSA) is 74.9 Å². The molecule has 1 aliphatic rings. The molecular weight excluding hydrogens is 242 g/mol. The lowest BCUT2D eigenvalue weighted by atomic mass is 10.1. The van der Waals surface area contributed by atoms with E-state index in [-0.39, 0.29) is 6.04 Å². The van der Waals surface area contributed by atoms with E-state index in [1.165, 1.54) is 32.4 Å². The second-order valence-electron chi connectivity index (χ2n) is 5.28. The summed E-state index contributed by atoms with van der Waals surface area (Å²) >= 11 is 0. The van der Waals surface area contributed by atoms with Gasteiger partial charge in [-0.05, 0) is 39.8 Å². The molecule has 19 heavy (non-hydrogen) atoms. The SMILES string of the molecule is COCC(C)NC(=NCC(C)N1CCCCC1)NN. The minimum absolute atomic E-state index is 0.185. The van der Waals surface area contributed by atoms with Crippen molar-refractivity contribution in [2.75, 3.05) is 33.4 Å². The first-order valence-electron chi connectivity index (χ1n) is 7.18. The Kier molecular flexibility index (Phi) is 7.78. The van der Waals surface area contributed by atoms with E-state index in [1.807, 2.05) is 6.92 Å². The predicted molar refractivity (Wildman–Crippen MR) is 79.0 cm³/mol. The highest BCUT2D eigenvalue weighted by molar-refractivity contribution is 5.79. The van der Waals surface area contributed by atoms with Gasteiger partial charge in [-0.3, -0.25) is 15.3 Å². The molecule has 1 aliphatic heterocycles. The van der Waals surface area contributed by atoms with E-state index < -0.39 is 0 Å². The molecule has 0 bridgehead atoms. The molecule has 0 saturated carbocycles. The summed E-state index contributed by atoms with van der Waals surface area (Å²) in [6.07, 6.45) is 3.97. The van der Waals surface area contributed by atoms with Crippen molar-refractivity contribution < 1.29 is 4.74 Å². The highest BCUT2D eigenvalue weighted by Crippen LogP contribution is 2.11. The van der Waals surface area contributed by atoms with Crippen LogP contribution in [0.25, 0.3) is 0 Å². The van der Waals surface area contributed by atoms with Gasteiger partial charge < -0.3 is 10.1 Å². The molecule has 0 radical (unpaired) electrons. The number of guanidine groups is 1. The third kappa shape index (κ3) is 6.22. The Hall–Kier alpha value is -0.850. The number of aliphatic imine (C=N–C) groups is 1. The van der Waals surface area contributed by atoms with E-state index in [9.17, 15) is 0 Å². The fraction of sp³-hybridized carbons (Fsp3) is 0.923. The van der Waals surface area contributed by atoms with Gasteiger partial charge in [0.05, 0.1) is 13.2 Å². The van der Waals surface area contributed by atoms with Crippen LogP contribution in [-0.4, -0.2) is 56.3 Å². The molecule has 0 aromatic carbocycles. The van der Waals surface area contributed by atoms with Crippen LogP contribution in [0.3, 0.4) is 0 Å². The number of likely N-dealkylation sites (tertiary alicyclic amines) is 1. The van der Waals surface area contributed by atoms with Gasteiger partial charge in [-0.2, -0.15) is 0 Å². The molecule has 1 saturated heterocycles. The molecule has 4 N–H and O–H groups in total. The summed E-state index contributed by atoms with van der Waals surface area (Å²) in [7, 11) is 1.68. The highest BCUT2D eigenvalue weighted by atomic mass is 16.5. The first kappa shape index (κ1) is 16.2. The minimum atomic E-state index is 0.185. The van der Waals surface area contributed by atoms with Crippen LogP contribution in [0, 0.1) is 0 Å². The van der Waals surface area contributed by atoms with Crippen molar-refractivity contribution in [3.63, 3.8) is 0 Å². The molecule has 112 valence electrons. The number of methoxy groups -OCH3 is 1. The Morgan fingerprint density at radius 1 is 1.32 bits per heavy atom. The van der Waals surface area contributed by atoms with Crippen molar-refractivity contribution in [1.29, 1.82) is 0 Å². The lowest BCUT2D eigenvalue weighted by Crippen LogP contribution is -2.47. The Morgan fingerprint density at radius 3 is 2.58 bits per heavy atom. The van der Waals surface area contributed by atoms with Crippen LogP contribution in [-0.2, 0) is 4.74 Å². The van der Waals surface area contributed by atoms with E-state index in [1.54, 1.807) is 7.11 Å². The van der Waals surface area contributed by atoms with Gasteiger partial charge in [-0.1, -0.05) is 6.42 Å². The van der Waals surface area contributed by atoms with Gasteiger partial charge in [0.2, 0.25) is 5.96 Å². The summed E-state index contributed by atoms with van der Waals surface area (Å²) < 4.78 is 5.08. The summed E-state index contributed by atoms with van der Waals surface area (Å²) in [5.41, 5.74) is 2.61. The fourth-order valence-corrected chi connectivity index (χ4v) is 2.36. The second-order valence-corrected chi connectivity index (χ2v) is 5.28. The van der Waals surface area contributed by atoms with E-state index in [2.05, 4.69) is 27.6 Å². The van der Waals surface area contributed by atoms with E-state index in [0.717, 1.165) is 6.54 Å². The molecule has 6 heteroatoms. The number of hydrazine groups is 1. The summed E-state index contributed by atoms with van der Waals surface area (Å²) in [6, 6.07) is 0.647. The largest absolute Gasteiger partial charge is 0.383 e. The van der Waals surface area contributed by atoms with Gasteiger partial charge in [-0.25, -0.2) is 5.84 Å². The number of nitrogens with zero attached hydrogens (tertiary/aromatic N) is 2. The predicted octanol–water partition coefficient (Wildman–Crippen LogP) is 0.305. The molecule has 0 spiro atoms. The smallest absolute Gasteiger partial charge is 0.206 e. The number of nitrogens with two attached hydrogens (primary N) is 1. The molecule has 2 atom stereocenters. The van der Waals surface area contributed by atoms with Crippen LogP contribution in [0.5, 0.6) is 0 Å². The number of piperidine rings is 1. The second kappa shape index (κ2) is 9.12. The van der Waals surface area contributed by atoms with Crippen molar-refractivity contribution in [3.05, 3.63) is 0 Å². The van der Waals surface area contributed by atoms with Crippen molar-refractivity contribution >= 4 is 5.96 Å². The molecule has 0 amide bonds. The number of nitrogens with one attached hydrogen (secondary N) is 2. The number of hydrogen-bond donors (Lipinski definition) is 3. The summed E-state index contributed by atoms with van der Waals surface area (Å²) in [4.78, 5) is 7.01. The maximum atomic E-state index is 5.48. The van der Waals surface area contributed by atoms with Gasteiger partial charge in [0.1, 0.15) is 0 Å². The Labute approximate surface area is 116 Å². The van der Waals surface area contributed by atoms with Crippen LogP contribution in [0.2, 0.25) is 0 Å². The third-order valence-electron chi connectivity index (χ3n) is 3.46. The number of ether oxygens (including phenoxy) is 1. The van der Waals surface area contributed by atoms with Crippen LogP contribution in [0.15, 0.2) is 4.99 Å². The zero-order chi connectivity index (χ0) is 14.1. The average Bonchev–Trinajstić information content (AvgIpc) is 2.44. The van der Waals surface area contributed by atoms with Gasteiger partial charge >= 0.3 is 0 Å². The maximum Gasteiger partial charge on any atom is 0.206 e. The zero-order valence-corrected chi connectivity index (χ0v) is 12.5. The van der Waals surface area contributed by atoms with E-state index in [0.29, 0.717) is 18.6 Å². The van der Waals surface area contributed by atoms with Crippen molar-refractivity contribution in [3.8, 4) is 0 Å². The quantitative estimate of drug-likeness (QED) is 0.280. The molecule has 0 aromatic heterocycles. The highest BCUT2D eigenvalue weighted by Gasteiger charge is 2.16. The molecule has 6 nitrogen and oxygen atoms in total. The molecule has 0 aliphatic carbocycles. The summed E-state index contributed by atoms with van der Waals surface area (Å²) in [5, 5.41) is 3.20. The van der Waals surface area contributed by atoms with Crippen molar-refractivity contribution in [1.82, 2.24) is 15.6 Å². The third-order valence-corrected chi connectivity index (χ3v) is 3.46. The molecule has 2 unspecified atom stereocenters. The van der Waals surface area contributed by atoms with Gasteiger partial charge in [-0.15, -0.1) is 0 Å². The maximum absolute atomic E-state index is 5.48. The number of rotatable bonds is 6. The average molecular weight is 271 g/mol. The van der Waals surface area contributed by atoms with Crippen LogP contribution < -0.4 is 16.6 Å². The molecule has 1 rings (SSSR count). The normalized spacial score (nSPS) is 20.9. The zero-order valence-electron chi connectivity index (χ0n) is 12.5. The lowest BCUT2D eigenvalue weighted by Gasteiger charge is -2.31. The summed E-state index contributed by atoms with van der Waals surface area (Å²) in [6.45, 7) is 8.02. The Bertz CT molecular complexity index is 266. The Morgan fingerprint density at radius 2 is 2.00 bits per heavy atom. The van der Waals surface area contributed by atoms with E-state index >= 15 is 0 Å². The molecule has 1 heterocycles. The number of hydrogen-bond acceptors (Lipinski definition) is 4. The van der Waals surface area contributed by atoms with Gasteiger partial charge in [0, 0.05) is 19.2 Å². The van der Waals surface area contributed by atoms with Crippen molar-refractivity contribution in [2.45, 2.75) is 45.2 Å². The summed E-state index contributed by atoms with van der Waals surface area (Å²) in [5.74, 6) is 6.12. The molecular formula is C13H29N5O. The van der Waals surface area contributed by atoms with Gasteiger partial charge in [0.25, 0.3) is 0 Å².